The monoisotopic (exact) mass is 186 g/mol. The maximum atomic E-state index is 9.21. The Morgan fingerprint density at radius 1 is 1.08 bits per heavy atom. The van der Waals surface area contributed by atoms with Gasteiger partial charge in [-0.3, -0.25) is 0 Å². The minimum absolute atomic E-state index is 1.21. The molecule has 0 aliphatic rings. The van der Waals surface area contributed by atoms with Crippen LogP contribution in [0.25, 0.3) is 20.9 Å². The highest BCUT2D eigenvalue weighted by molar-refractivity contribution is 4.82. The van der Waals surface area contributed by atoms with Crippen molar-refractivity contribution in [3.63, 3.8) is 0 Å². The highest BCUT2D eigenvalue weighted by atomic mass is 16.3. The van der Waals surface area contributed by atoms with Crippen LogP contribution in [0.3, 0.4) is 0 Å². The lowest BCUT2D eigenvalue weighted by atomic mass is 9.89. The van der Waals surface area contributed by atoms with Crippen molar-refractivity contribution in [2.24, 2.45) is 15.6 Å². The Bertz CT molecular complexity index is 238. The standard InChI is InChI=1S/C5H10N6O2/c1-5(2,3(12)8-10-6)4(13)9-11-7/h3-4,12-13H,1-2H3. The smallest absolute Gasteiger partial charge is 0.140 e. The summed E-state index contributed by atoms with van der Waals surface area (Å²) in [5, 5.41) is 24.4. The molecule has 2 unspecified atom stereocenters. The zero-order chi connectivity index (χ0) is 10.5. The summed E-state index contributed by atoms with van der Waals surface area (Å²) in [7, 11) is 0. The van der Waals surface area contributed by atoms with Crippen molar-refractivity contribution in [2.45, 2.75) is 26.3 Å². The van der Waals surface area contributed by atoms with Crippen molar-refractivity contribution < 1.29 is 10.2 Å². The van der Waals surface area contributed by atoms with Gasteiger partial charge in [0.25, 0.3) is 0 Å². The van der Waals surface area contributed by atoms with Crippen LogP contribution in [-0.2, 0) is 0 Å². The normalized spacial score (nSPS) is 15.1. The molecule has 0 rings (SSSR count). The third kappa shape index (κ3) is 2.81. The van der Waals surface area contributed by atoms with Crippen LogP contribution in [0.2, 0.25) is 0 Å². The molecule has 0 aromatic heterocycles. The summed E-state index contributed by atoms with van der Waals surface area (Å²) in [6.45, 7) is 2.82. The molecule has 0 aromatic carbocycles. The van der Waals surface area contributed by atoms with Gasteiger partial charge in [0.15, 0.2) is 0 Å². The molecule has 0 saturated heterocycles. The molecule has 72 valence electrons. The molecule has 0 saturated carbocycles. The number of rotatable bonds is 4. The predicted octanol–water partition coefficient (Wildman–Crippen LogP) is 1.27. The van der Waals surface area contributed by atoms with Crippen molar-refractivity contribution in [1.82, 2.24) is 0 Å². The number of nitrogens with zero attached hydrogens (tertiary/aromatic N) is 6. The molecule has 8 heteroatoms. The van der Waals surface area contributed by atoms with Gasteiger partial charge in [-0.05, 0) is 11.1 Å². The van der Waals surface area contributed by atoms with Gasteiger partial charge in [-0.25, -0.2) is 0 Å². The highest BCUT2D eigenvalue weighted by Gasteiger charge is 2.34. The van der Waals surface area contributed by atoms with Gasteiger partial charge in [-0.2, -0.15) is 0 Å². The predicted molar refractivity (Wildman–Crippen MR) is 44.1 cm³/mol. The summed E-state index contributed by atoms with van der Waals surface area (Å²) >= 11 is 0. The fourth-order valence-electron chi connectivity index (χ4n) is 0.529. The van der Waals surface area contributed by atoms with E-state index in [4.69, 9.17) is 11.1 Å². The molecular weight excluding hydrogens is 176 g/mol. The van der Waals surface area contributed by atoms with Crippen molar-refractivity contribution in [3.05, 3.63) is 20.9 Å². The first-order valence-corrected chi connectivity index (χ1v) is 3.41. The lowest BCUT2D eigenvalue weighted by Gasteiger charge is -2.29. The molecule has 0 aromatic rings. The van der Waals surface area contributed by atoms with Crippen molar-refractivity contribution in [2.75, 3.05) is 0 Å². The van der Waals surface area contributed by atoms with Crippen LogP contribution in [-0.4, -0.2) is 22.7 Å². The first kappa shape index (κ1) is 11.5. The van der Waals surface area contributed by atoms with E-state index in [2.05, 4.69) is 20.1 Å². The average molecular weight is 186 g/mol. The summed E-state index contributed by atoms with van der Waals surface area (Å²) in [6, 6.07) is 0. The van der Waals surface area contributed by atoms with E-state index in [9.17, 15) is 10.2 Å². The van der Waals surface area contributed by atoms with E-state index in [1.54, 1.807) is 0 Å². The summed E-state index contributed by atoms with van der Waals surface area (Å²) in [4.78, 5) is 4.75. The van der Waals surface area contributed by atoms with E-state index < -0.39 is 17.9 Å². The summed E-state index contributed by atoms with van der Waals surface area (Å²) in [5.41, 5.74) is 14.8. The number of aliphatic hydroxyl groups is 2. The fraction of sp³-hybridized carbons (Fsp3) is 1.00. The van der Waals surface area contributed by atoms with E-state index in [1.807, 2.05) is 0 Å². The summed E-state index contributed by atoms with van der Waals surface area (Å²) < 4.78 is 0. The van der Waals surface area contributed by atoms with Crippen LogP contribution >= 0.6 is 0 Å². The van der Waals surface area contributed by atoms with E-state index in [0.717, 1.165) is 0 Å². The van der Waals surface area contributed by atoms with E-state index in [0.29, 0.717) is 0 Å². The van der Waals surface area contributed by atoms with Gasteiger partial charge >= 0.3 is 0 Å². The molecule has 0 aliphatic heterocycles. The van der Waals surface area contributed by atoms with Gasteiger partial charge in [-0.15, -0.1) is 0 Å². The SMILES string of the molecule is CC(C)(C(O)N=[N+]=[N-])C(O)N=[N+]=[N-]. The van der Waals surface area contributed by atoms with Gasteiger partial charge in [-0.1, -0.05) is 24.1 Å². The minimum Gasteiger partial charge on any atom is -0.386 e. The van der Waals surface area contributed by atoms with Gasteiger partial charge in [0.05, 0.1) is 0 Å². The quantitative estimate of drug-likeness (QED) is 0.388. The van der Waals surface area contributed by atoms with E-state index >= 15 is 0 Å². The van der Waals surface area contributed by atoms with Crippen LogP contribution in [0.15, 0.2) is 10.2 Å². The summed E-state index contributed by atoms with van der Waals surface area (Å²) in [5.74, 6) is 0. The first-order chi connectivity index (χ1) is 5.96. The zero-order valence-corrected chi connectivity index (χ0v) is 7.23. The van der Waals surface area contributed by atoms with Crippen molar-refractivity contribution in [3.8, 4) is 0 Å². The first-order valence-electron chi connectivity index (χ1n) is 3.41. The van der Waals surface area contributed by atoms with Crippen LogP contribution < -0.4 is 0 Å². The van der Waals surface area contributed by atoms with Gasteiger partial charge in [0, 0.05) is 15.2 Å². The largest absolute Gasteiger partial charge is 0.386 e. The van der Waals surface area contributed by atoms with Crippen LogP contribution in [0.1, 0.15) is 13.8 Å². The molecule has 2 N–H and O–H groups in total. The highest BCUT2D eigenvalue weighted by Crippen LogP contribution is 2.27. The van der Waals surface area contributed by atoms with Gasteiger partial charge in [0.2, 0.25) is 0 Å². The molecule has 13 heavy (non-hydrogen) atoms. The lowest BCUT2D eigenvalue weighted by Crippen LogP contribution is -2.37. The van der Waals surface area contributed by atoms with Crippen LogP contribution in [0, 0.1) is 5.41 Å². The Morgan fingerprint density at radius 2 is 1.38 bits per heavy atom. The Hall–Kier alpha value is -1.46. The number of hydrogen-bond donors (Lipinski definition) is 2. The second-order valence-electron chi connectivity index (χ2n) is 2.98. The van der Waals surface area contributed by atoms with Gasteiger partial charge < -0.3 is 10.2 Å². The molecule has 2 atom stereocenters. The van der Waals surface area contributed by atoms with E-state index in [1.165, 1.54) is 13.8 Å². The average Bonchev–Trinajstić information content (AvgIpc) is 2.05. The summed E-state index contributed by atoms with van der Waals surface area (Å²) in [6.07, 6.45) is -2.89. The van der Waals surface area contributed by atoms with Crippen LogP contribution in [0.4, 0.5) is 0 Å². The topological polar surface area (TPSA) is 138 Å². The third-order valence-corrected chi connectivity index (χ3v) is 1.65. The molecule has 8 nitrogen and oxygen atoms in total. The molecular formula is C5H10N6O2. The number of hydrogen-bond acceptors (Lipinski definition) is 4. The molecule has 0 heterocycles. The maximum absolute atomic E-state index is 9.21. The maximum Gasteiger partial charge on any atom is 0.140 e. The molecule has 0 bridgehead atoms. The zero-order valence-electron chi connectivity index (χ0n) is 7.23. The second-order valence-corrected chi connectivity index (χ2v) is 2.98. The molecule has 0 aliphatic carbocycles. The molecule has 0 fully saturated rings. The van der Waals surface area contributed by atoms with Crippen molar-refractivity contribution >= 4 is 0 Å². The Morgan fingerprint density at radius 3 is 1.62 bits per heavy atom. The van der Waals surface area contributed by atoms with Crippen molar-refractivity contribution in [1.29, 1.82) is 0 Å². The van der Waals surface area contributed by atoms with Crippen LogP contribution in [0.5, 0.6) is 0 Å². The molecule has 0 radical (unpaired) electrons. The minimum atomic E-state index is -1.45. The second kappa shape index (κ2) is 4.54. The molecule has 0 spiro atoms. The van der Waals surface area contributed by atoms with Gasteiger partial charge in [0.1, 0.15) is 12.5 Å². The Kier molecular flexibility index (Phi) is 4.03. The fourth-order valence-corrected chi connectivity index (χ4v) is 0.529. The third-order valence-electron chi connectivity index (χ3n) is 1.65. The Balaban J connectivity index is 4.71. The molecule has 0 amide bonds. The number of aliphatic hydroxyl groups excluding tert-OH is 2. The number of azide groups is 2. The van der Waals surface area contributed by atoms with E-state index in [-0.39, 0.29) is 0 Å². The Labute approximate surface area is 74.1 Å². The lowest BCUT2D eigenvalue weighted by molar-refractivity contribution is -0.0402.